The van der Waals surface area contributed by atoms with Crippen LogP contribution < -0.4 is 16.6 Å². The molecule has 0 bridgehead atoms. The third kappa shape index (κ3) is 5.52. The van der Waals surface area contributed by atoms with E-state index >= 15 is 0 Å². The molecule has 184 valence electrons. The van der Waals surface area contributed by atoms with E-state index in [-0.39, 0.29) is 11.5 Å². The number of nitrogens with zero attached hydrogens (tertiary/aromatic N) is 3. The van der Waals surface area contributed by atoms with Gasteiger partial charge in [0.05, 0.1) is 17.8 Å². The van der Waals surface area contributed by atoms with Gasteiger partial charge in [-0.15, -0.1) is 0 Å². The van der Waals surface area contributed by atoms with E-state index in [1.54, 1.807) is 12.1 Å². The monoisotopic (exact) mass is 486 g/mol. The second kappa shape index (κ2) is 9.52. The zero-order chi connectivity index (χ0) is 25.3. The molecular formula is C25H25F3N4O3. The molecule has 1 aromatic heterocycles. The average Bonchev–Trinajstić information content (AvgIpc) is 3.65. The Morgan fingerprint density at radius 2 is 1.80 bits per heavy atom. The zero-order valence-electron chi connectivity index (χ0n) is 19.3. The number of nitrogens with one attached hydrogen (secondary N) is 1. The second-order valence-corrected chi connectivity index (χ2v) is 9.03. The molecule has 2 aromatic carbocycles. The first-order valence-electron chi connectivity index (χ1n) is 11.3. The predicted molar refractivity (Wildman–Crippen MR) is 124 cm³/mol. The molecule has 1 heterocycles. The summed E-state index contributed by atoms with van der Waals surface area (Å²) < 4.78 is 41.2. The van der Waals surface area contributed by atoms with Gasteiger partial charge < -0.3 is 5.32 Å². The largest absolute Gasteiger partial charge is 0.416 e. The summed E-state index contributed by atoms with van der Waals surface area (Å²) in [6.45, 7) is 3.96. The van der Waals surface area contributed by atoms with Gasteiger partial charge in [0.1, 0.15) is 0 Å². The van der Waals surface area contributed by atoms with E-state index in [4.69, 9.17) is 0 Å². The Morgan fingerprint density at radius 3 is 2.40 bits per heavy atom. The maximum Gasteiger partial charge on any atom is 0.416 e. The maximum atomic E-state index is 13.3. The Bertz CT molecular complexity index is 1350. The lowest BCUT2D eigenvalue weighted by atomic mass is 10.0. The Balaban J connectivity index is 1.80. The molecule has 35 heavy (non-hydrogen) atoms. The van der Waals surface area contributed by atoms with Crippen molar-refractivity contribution in [2.75, 3.05) is 6.54 Å². The van der Waals surface area contributed by atoms with E-state index in [9.17, 15) is 27.6 Å². The summed E-state index contributed by atoms with van der Waals surface area (Å²) >= 11 is 0. The fraction of sp³-hybridized carbons (Fsp3) is 0.360. The molecule has 1 aliphatic carbocycles. The lowest BCUT2D eigenvalue weighted by Crippen LogP contribution is -2.46. The highest BCUT2D eigenvalue weighted by molar-refractivity contribution is 5.91. The molecule has 1 saturated carbocycles. The number of carbonyl (C=O) groups excluding carboxylic acids is 1. The highest BCUT2D eigenvalue weighted by Crippen LogP contribution is 2.29. The van der Waals surface area contributed by atoms with Crippen molar-refractivity contribution >= 4 is 5.91 Å². The van der Waals surface area contributed by atoms with Crippen molar-refractivity contribution in [1.82, 2.24) is 19.7 Å². The van der Waals surface area contributed by atoms with Gasteiger partial charge in [-0.25, -0.2) is 4.79 Å². The summed E-state index contributed by atoms with van der Waals surface area (Å²) in [5.41, 5.74) is -1.78. The van der Waals surface area contributed by atoms with Crippen molar-refractivity contribution in [3.05, 3.63) is 91.8 Å². The lowest BCUT2D eigenvalue weighted by molar-refractivity contribution is -0.137. The molecule has 1 fully saturated rings. The minimum Gasteiger partial charge on any atom is -0.350 e. The van der Waals surface area contributed by atoms with E-state index in [1.807, 2.05) is 26.0 Å². The van der Waals surface area contributed by atoms with Crippen LogP contribution in [0.5, 0.6) is 0 Å². The van der Waals surface area contributed by atoms with Gasteiger partial charge in [0.15, 0.2) is 0 Å². The smallest absolute Gasteiger partial charge is 0.350 e. The number of hydrogen-bond donors (Lipinski definition) is 1. The fourth-order valence-electron chi connectivity index (χ4n) is 3.64. The van der Waals surface area contributed by atoms with Crippen LogP contribution in [0, 0.1) is 5.92 Å². The molecule has 0 unspecified atom stereocenters. The number of halogens is 3. The van der Waals surface area contributed by atoms with Crippen molar-refractivity contribution in [1.29, 1.82) is 0 Å². The van der Waals surface area contributed by atoms with Crippen LogP contribution in [0.1, 0.15) is 59.8 Å². The Labute approximate surface area is 199 Å². The third-order valence-corrected chi connectivity index (χ3v) is 5.92. The van der Waals surface area contributed by atoms with Crippen LogP contribution in [-0.2, 0) is 12.7 Å². The fourth-order valence-corrected chi connectivity index (χ4v) is 3.64. The normalized spacial score (nSPS) is 13.8. The number of rotatable bonds is 7. The standard InChI is InChI=1S/C25H25F3N4O3/c1-15(2)18-8-10-20(11-9-18)32-24(35)31(14-17-4-3-5-19(12-17)25(26,27)28)23(34)21(30-32)22(33)29-13-16-6-7-16/h3-5,8-12,15-16H,6-7,13-14H2,1-2H3,(H,29,33). The second-order valence-electron chi connectivity index (χ2n) is 9.03. The summed E-state index contributed by atoms with van der Waals surface area (Å²) in [6, 6.07) is 11.3. The molecule has 10 heteroatoms. The molecule has 1 N–H and O–H groups in total. The molecule has 4 rings (SSSR count). The molecule has 0 radical (unpaired) electrons. The van der Waals surface area contributed by atoms with Crippen LogP contribution in [0.2, 0.25) is 0 Å². The number of amides is 1. The zero-order valence-corrected chi connectivity index (χ0v) is 19.3. The number of benzene rings is 2. The number of hydrogen-bond acceptors (Lipinski definition) is 4. The van der Waals surface area contributed by atoms with Crippen molar-refractivity contribution in [3.63, 3.8) is 0 Å². The van der Waals surface area contributed by atoms with Gasteiger partial charge in [-0.2, -0.15) is 23.0 Å². The third-order valence-electron chi connectivity index (χ3n) is 5.92. The molecule has 0 atom stereocenters. The summed E-state index contributed by atoms with van der Waals surface area (Å²) in [7, 11) is 0. The van der Waals surface area contributed by atoms with Crippen LogP contribution in [-0.4, -0.2) is 26.8 Å². The average molecular weight is 486 g/mol. The Kier molecular flexibility index (Phi) is 6.64. The summed E-state index contributed by atoms with van der Waals surface area (Å²) in [5.74, 6) is -0.139. The molecular weight excluding hydrogens is 461 g/mol. The number of aromatic nitrogens is 3. The number of alkyl halides is 3. The van der Waals surface area contributed by atoms with Crippen molar-refractivity contribution in [2.45, 2.75) is 45.3 Å². The summed E-state index contributed by atoms with van der Waals surface area (Å²) in [6.07, 6.45) is -2.62. The minimum atomic E-state index is -4.58. The number of carbonyl (C=O) groups is 1. The highest BCUT2D eigenvalue weighted by Gasteiger charge is 2.30. The van der Waals surface area contributed by atoms with Crippen LogP contribution in [0.3, 0.4) is 0 Å². The van der Waals surface area contributed by atoms with Crippen molar-refractivity contribution < 1.29 is 18.0 Å². The summed E-state index contributed by atoms with van der Waals surface area (Å²) in [4.78, 5) is 39.1. The molecule has 3 aromatic rings. The molecule has 1 aliphatic rings. The van der Waals surface area contributed by atoms with Gasteiger partial charge in [0.2, 0.25) is 5.69 Å². The van der Waals surface area contributed by atoms with Gasteiger partial charge in [-0.3, -0.25) is 14.2 Å². The molecule has 0 aliphatic heterocycles. The SMILES string of the molecule is CC(C)c1ccc(-n2nc(C(=O)NCC3CC3)c(=O)n(Cc3cccc(C(F)(F)F)c3)c2=O)cc1. The van der Waals surface area contributed by atoms with E-state index in [1.165, 1.54) is 12.1 Å². The van der Waals surface area contributed by atoms with Gasteiger partial charge in [0, 0.05) is 6.54 Å². The van der Waals surface area contributed by atoms with Crippen molar-refractivity contribution in [3.8, 4) is 5.69 Å². The van der Waals surface area contributed by atoms with Crippen LogP contribution >= 0.6 is 0 Å². The van der Waals surface area contributed by atoms with Crippen LogP contribution in [0.15, 0.2) is 58.1 Å². The molecule has 7 nitrogen and oxygen atoms in total. The first kappa shape index (κ1) is 24.4. The minimum absolute atomic E-state index is 0.0938. The lowest BCUT2D eigenvalue weighted by Gasteiger charge is -2.14. The van der Waals surface area contributed by atoms with Gasteiger partial charge in [-0.1, -0.05) is 38.1 Å². The maximum absolute atomic E-state index is 13.3. The first-order chi connectivity index (χ1) is 16.5. The van der Waals surface area contributed by atoms with Gasteiger partial charge in [-0.05, 0) is 60.1 Å². The quantitative estimate of drug-likeness (QED) is 0.552. The Morgan fingerprint density at radius 1 is 1.11 bits per heavy atom. The Hall–Kier alpha value is -3.69. The van der Waals surface area contributed by atoms with E-state index in [0.29, 0.717) is 18.2 Å². The highest BCUT2D eigenvalue weighted by atomic mass is 19.4. The van der Waals surface area contributed by atoms with Crippen LogP contribution in [0.4, 0.5) is 13.2 Å². The first-order valence-corrected chi connectivity index (χ1v) is 11.3. The molecule has 1 amide bonds. The molecule has 0 saturated heterocycles. The van der Waals surface area contributed by atoms with E-state index < -0.39 is 41.1 Å². The molecule has 0 spiro atoms. The van der Waals surface area contributed by atoms with Gasteiger partial charge >= 0.3 is 11.9 Å². The van der Waals surface area contributed by atoms with E-state index in [2.05, 4.69) is 10.4 Å². The van der Waals surface area contributed by atoms with Gasteiger partial charge in [0.25, 0.3) is 11.5 Å². The van der Waals surface area contributed by atoms with Crippen molar-refractivity contribution in [2.24, 2.45) is 5.92 Å². The topological polar surface area (TPSA) is 86.0 Å². The predicted octanol–water partition coefficient (Wildman–Crippen LogP) is 3.72. The summed E-state index contributed by atoms with van der Waals surface area (Å²) in [5, 5.41) is 6.72. The van der Waals surface area contributed by atoms with E-state index in [0.717, 1.165) is 39.8 Å². The van der Waals surface area contributed by atoms with Crippen LogP contribution in [0.25, 0.3) is 5.69 Å².